The van der Waals surface area contributed by atoms with E-state index in [1.807, 2.05) is 0 Å². The van der Waals surface area contributed by atoms with Crippen molar-refractivity contribution in [1.29, 1.82) is 0 Å². The van der Waals surface area contributed by atoms with Gasteiger partial charge in [-0.3, -0.25) is 9.59 Å². The van der Waals surface area contributed by atoms with E-state index in [0.717, 1.165) is 0 Å². The van der Waals surface area contributed by atoms with Crippen molar-refractivity contribution in [1.82, 2.24) is 0 Å². The van der Waals surface area contributed by atoms with Gasteiger partial charge in [-0.1, -0.05) is 29.8 Å². The standard InChI is InChI=1S/C7H11BrO3/c1-7(2,4-8)5(9)3-6(10)11/h3-4H2,1-2H3,(H,10,11). The molecule has 0 bridgehead atoms. The number of aliphatic carboxylic acids is 1. The van der Waals surface area contributed by atoms with Gasteiger partial charge < -0.3 is 5.11 Å². The van der Waals surface area contributed by atoms with Gasteiger partial charge >= 0.3 is 5.97 Å². The summed E-state index contributed by atoms with van der Waals surface area (Å²) >= 11 is 3.15. The number of hydrogen-bond acceptors (Lipinski definition) is 2. The summed E-state index contributed by atoms with van der Waals surface area (Å²) < 4.78 is 0. The van der Waals surface area contributed by atoms with Crippen molar-refractivity contribution < 1.29 is 14.7 Å². The fraction of sp³-hybridized carbons (Fsp3) is 0.714. The van der Waals surface area contributed by atoms with Gasteiger partial charge in [-0.2, -0.15) is 0 Å². The third-order valence-electron chi connectivity index (χ3n) is 1.40. The predicted octanol–water partition coefficient (Wildman–Crippen LogP) is 1.45. The van der Waals surface area contributed by atoms with Gasteiger partial charge in [0.15, 0.2) is 0 Å². The van der Waals surface area contributed by atoms with Crippen molar-refractivity contribution >= 4 is 27.7 Å². The first-order valence-electron chi connectivity index (χ1n) is 3.21. The molecule has 0 unspecified atom stereocenters. The summed E-state index contributed by atoms with van der Waals surface area (Å²) in [6, 6.07) is 0. The Labute approximate surface area is 73.9 Å². The van der Waals surface area contributed by atoms with Gasteiger partial charge in [0.2, 0.25) is 0 Å². The lowest BCUT2D eigenvalue weighted by Gasteiger charge is -2.18. The molecule has 0 fully saturated rings. The molecule has 64 valence electrons. The van der Waals surface area contributed by atoms with Crippen LogP contribution in [0.2, 0.25) is 0 Å². The van der Waals surface area contributed by atoms with Crippen LogP contribution in [-0.4, -0.2) is 22.2 Å². The maximum absolute atomic E-state index is 11.1. The molecule has 0 aromatic heterocycles. The highest BCUT2D eigenvalue weighted by molar-refractivity contribution is 9.09. The summed E-state index contributed by atoms with van der Waals surface area (Å²) in [5.41, 5.74) is -0.571. The first-order chi connectivity index (χ1) is 4.90. The van der Waals surface area contributed by atoms with Crippen molar-refractivity contribution in [2.45, 2.75) is 20.3 Å². The smallest absolute Gasteiger partial charge is 0.310 e. The molecule has 0 atom stereocenters. The van der Waals surface area contributed by atoms with Gasteiger partial charge in [0.05, 0.1) is 0 Å². The second-order valence-corrected chi connectivity index (χ2v) is 3.57. The van der Waals surface area contributed by atoms with Crippen LogP contribution in [0.1, 0.15) is 20.3 Å². The molecule has 4 heteroatoms. The molecule has 0 aliphatic heterocycles. The van der Waals surface area contributed by atoms with Crippen LogP contribution >= 0.6 is 15.9 Å². The summed E-state index contributed by atoms with van der Waals surface area (Å²) in [7, 11) is 0. The molecule has 0 rings (SSSR count). The van der Waals surface area contributed by atoms with Crippen LogP contribution in [0.5, 0.6) is 0 Å². The first kappa shape index (κ1) is 10.6. The maximum Gasteiger partial charge on any atom is 0.310 e. The lowest BCUT2D eigenvalue weighted by atomic mass is 9.89. The fourth-order valence-electron chi connectivity index (χ4n) is 0.451. The maximum atomic E-state index is 11.1. The number of carboxylic acids is 1. The van der Waals surface area contributed by atoms with Crippen LogP contribution in [0.15, 0.2) is 0 Å². The second-order valence-electron chi connectivity index (χ2n) is 3.01. The SMILES string of the molecule is CC(C)(CBr)C(=O)CC(=O)O. The molecule has 0 aliphatic rings. The number of carbonyl (C=O) groups is 2. The molecular weight excluding hydrogens is 212 g/mol. The minimum absolute atomic E-state index is 0.248. The summed E-state index contributed by atoms with van der Waals surface area (Å²) in [6.45, 7) is 3.43. The first-order valence-corrected chi connectivity index (χ1v) is 4.33. The minimum Gasteiger partial charge on any atom is -0.481 e. The van der Waals surface area contributed by atoms with Crippen molar-refractivity contribution in [3.63, 3.8) is 0 Å². The molecule has 0 aromatic rings. The lowest BCUT2D eigenvalue weighted by molar-refractivity contribution is -0.142. The average Bonchev–Trinajstić information content (AvgIpc) is 1.86. The van der Waals surface area contributed by atoms with E-state index in [2.05, 4.69) is 15.9 Å². The van der Waals surface area contributed by atoms with E-state index in [1.165, 1.54) is 0 Å². The van der Waals surface area contributed by atoms with E-state index in [4.69, 9.17) is 5.11 Å². The van der Waals surface area contributed by atoms with E-state index in [1.54, 1.807) is 13.8 Å². The third kappa shape index (κ3) is 3.51. The van der Waals surface area contributed by atoms with E-state index in [9.17, 15) is 9.59 Å². The highest BCUT2D eigenvalue weighted by Gasteiger charge is 2.27. The molecule has 0 heterocycles. The molecule has 0 saturated heterocycles. The van der Waals surface area contributed by atoms with Crippen molar-refractivity contribution in [2.75, 3.05) is 5.33 Å². The van der Waals surface area contributed by atoms with Gasteiger partial charge in [0.1, 0.15) is 12.2 Å². The number of ketones is 1. The lowest BCUT2D eigenvalue weighted by Crippen LogP contribution is -2.27. The quantitative estimate of drug-likeness (QED) is 0.579. The van der Waals surface area contributed by atoms with E-state index in [-0.39, 0.29) is 5.78 Å². The van der Waals surface area contributed by atoms with Crippen LogP contribution in [0.4, 0.5) is 0 Å². The third-order valence-corrected chi connectivity index (χ3v) is 2.80. The normalized spacial score (nSPS) is 11.2. The molecule has 0 saturated carbocycles. The number of rotatable bonds is 4. The Kier molecular flexibility index (Phi) is 3.72. The molecule has 3 nitrogen and oxygen atoms in total. The predicted molar refractivity (Wildman–Crippen MR) is 44.8 cm³/mol. The van der Waals surface area contributed by atoms with Gasteiger partial charge in [-0.05, 0) is 0 Å². The van der Waals surface area contributed by atoms with Crippen molar-refractivity contribution in [2.24, 2.45) is 5.41 Å². The zero-order valence-electron chi connectivity index (χ0n) is 6.56. The molecule has 0 aromatic carbocycles. The van der Waals surface area contributed by atoms with E-state index in [0.29, 0.717) is 5.33 Å². The highest BCUT2D eigenvalue weighted by Crippen LogP contribution is 2.20. The van der Waals surface area contributed by atoms with E-state index < -0.39 is 17.8 Å². The number of hydrogen-bond donors (Lipinski definition) is 1. The minimum atomic E-state index is -1.07. The average molecular weight is 223 g/mol. The Morgan fingerprint density at radius 2 is 1.91 bits per heavy atom. The molecule has 0 aliphatic carbocycles. The van der Waals surface area contributed by atoms with Crippen molar-refractivity contribution in [3.8, 4) is 0 Å². The Hall–Kier alpha value is -0.380. The molecule has 1 N–H and O–H groups in total. The van der Waals surface area contributed by atoms with Crippen LogP contribution in [0.25, 0.3) is 0 Å². The number of carbonyl (C=O) groups excluding carboxylic acids is 1. The van der Waals surface area contributed by atoms with Gasteiger partial charge in [0, 0.05) is 10.7 Å². The van der Waals surface area contributed by atoms with E-state index >= 15 is 0 Å². The molecule has 0 spiro atoms. The zero-order valence-corrected chi connectivity index (χ0v) is 8.14. The van der Waals surface area contributed by atoms with Gasteiger partial charge in [-0.15, -0.1) is 0 Å². The number of Topliss-reactive ketones (excluding diaryl/α,β-unsaturated/α-hetero) is 1. The Morgan fingerprint density at radius 1 is 1.45 bits per heavy atom. The number of carboxylic acid groups (broad SMARTS) is 1. The Morgan fingerprint density at radius 3 is 2.18 bits per heavy atom. The largest absolute Gasteiger partial charge is 0.481 e. The van der Waals surface area contributed by atoms with Crippen LogP contribution < -0.4 is 0 Å². The monoisotopic (exact) mass is 222 g/mol. The highest BCUT2D eigenvalue weighted by atomic mass is 79.9. The summed E-state index contributed by atoms with van der Waals surface area (Å²) in [6.07, 6.45) is -0.390. The summed E-state index contributed by atoms with van der Waals surface area (Å²) in [4.78, 5) is 21.2. The van der Waals surface area contributed by atoms with Crippen molar-refractivity contribution in [3.05, 3.63) is 0 Å². The Balaban J connectivity index is 4.13. The molecule has 11 heavy (non-hydrogen) atoms. The summed E-state index contributed by atoms with van der Waals surface area (Å²) in [5.74, 6) is -1.31. The Bertz CT molecular complexity index is 175. The topological polar surface area (TPSA) is 54.4 Å². The molecule has 0 radical (unpaired) electrons. The molecular formula is C7H11BrO3. The second kappa shape index (κ2) is 3.85. The van der Waals surface area contributed by atoms with Crippen LogP contribution in [-0.2, 0) is 9.59 Å². The van der Waals surface area contributed by atoms with Gasteiger partial charge in [0.25, 0.3) is 0 Å². The summed E-state index contributed by atoms with van der Waals surface area (Å²) in [5, 5.41) is 8.80. The van der Waals surface area contributed by atoms with Crippen LogP contribution in [0, 0.1) is 5.41 Å². The zero-order chi connectivity index (χ0) is 9.07. The molecule has 0 amide bonds. The van der Waals surface area contributed by atoms with Gasteiger partial charge in [-0.25, -0.2) is 0 Å². The number of halogens is 1. The van der Waals surface area contributed by atoms with Crippen LogP contribution in [0.3, 0.4) is 0 Å². The fourth-order valence-corrected chi connectivity index (χ4v) is 0.764. The number of alkyl halides is 1.